The molecule has 4 amide bonds. The summed E-state index contributed by atoms with van der Waals surface area (Å²) < 4.78 is 0. The zero-order valence-corrected chi connectivity index (χ0v) is 24.6. The quantitative estimate of drug-likeness (QED) is 0.235. The van der Waals surface area contributed by atoms with E-state index in [2.05, 4.69) is 41.2 Å². The van der Waals surface area contributed by atoms with Crippen LogP contribution in [0.2, 0.25) is 0 Å². The standard InChI is InChI=1S/C31H51N5O4/c1-30(17-21-5-3-6-22(15-21)18-30)35-27(38)11-13-33-26(37)10-9-25(32)29(40)34-14-12-28(39)36-31(2)19-23-7-4-8-24(16-23)20-31/h17,22-25H,3-16,18-20,32H2,1-2H3,(H,33,37)(H,34,40)(H,35,38)(H,36,39). The average molecular weight is 558 g/mol. The Morgan fingerprint density at radius 3 is 2.20 bits per heavy atom. The lowest BCUT2D eigenvalue weighted by molar-refractivity contribution is -0.125. The molecule has 0 aliphatic heterocycles. The van der Waals surface area contributed by atoms with Gasteiger partial charge < -0.3 is 27.0 Å². The lowest BCUT2D eigenvalue weighted by atomic mass is 9.65. The van der Waals surface area contributed by atoms with Crippen LogP contribution in [0.5, 0.6) is 0 Å². The molecule has 9 nitrogen and oxygen atoms in total. The number of carbonyl (C=O) groups is 4. The molecule has 0 saturated heterocycles. The van der Waals surface area contributed by atoms with Gasteiger partial charge in [-0.2, -0.15) is 0 Å². The summed E-state index contributed by atoms with van der Waals surface area (Å²) in [6.45, 7) is 4.71. The number of fused-ring (bicyclic) bond motifs is 4. The number of nitrogens with two attached hydrogens (primary N) is 1. The number of allylic oxidation sites excluding steroid dienone is 1. The molecule has 6 N–H and O–H groups in total. The van der Waals surface area contributed by atoms with Crippen molar-refractivity contribution in [2.75, 3.05) is 13.1 Å². The Morgan fingerprint density at radius 1 is 0.850 bits per heavy atom. The highest BCUT2D eigenvalue weighted by atomic mass is 16.2. The number of rotatable bonds is 12. The number of hydrogen-bond acceptors (Lipinski definition) is 5. The Bertz CT molecular complexity index is 969. The monoisotopic (exact) mass is 557 g/mol. The van der Waals surface area contributed by atoms with Crippen LogP contribution >= 0.6 is 0 Å². The number of amides is 4. The fraction of sp³-hybridized carbons (Fsp3) is 0.806. The fourth-order valence-electron chi connectivity index (χ4n) is 7.96. The van der Waals surface area contributed by atoms with E-state index in [9.17, 15) is 19.2 Å². The molecule has 5 atom stereocenters. The van der Waals surface area contributed by atoms with Crippen LogP contribution in [0.4, 0.5) is 0 Å². The van der Waals surface area contributed by atoms with Crippen LogP contribution in [0.15, 0.2) is 11.6 Å². The van der Waals surface area contributed by atoms with E-state index >= 15 is 0 Å². The van der Waals surface area contributed by atoms with Crippen molar-refractivity contribution in [2.24, 2.45) is 23.5 Å². The van der Waals surface area contributed by atoms with Gasteiger partial charge in [-0.3, -0.25) is 19.2 Å². The van der Waals surface area contributed by atoms with Crippen molar-refractivity contribution in [3.05, 3.63) is 11.6 Å². The zero-order valence-electron chi connectivity index (χ0n) is 24.6. The Labute approximate surface area is 239 Å². The van der Waals surface area contributed by atoms with Crippen molar-refractivity contribution in [3.8, 4) is 0 Å². The lowest BCUT2D eigenvalue weighted by Gasteiger charge is -2.45. The number of hydrogen-bond donors (Lipinski definition) is 5. The molecule has 0 spiro atoms. The number of nitrogens with one attached hydrogen (secondary N) is 4. The highest BCUT2D eigenvalue weighted by molar-refractivity contribution is 5.84. The topological polar surface area (TPSA) is 142 Å². The van der Waals surface area contributed by atoms with Crippen LogP contribution in [0.1, 0.15) is 110 Å². The van der Waals surface area contributed by atoms with Gasteiger partial charge in [0.25, 0.3) is 0 Å². The normalized spacial score (nSPS) is 31.8. The van der Waals surface area contributed by atoms with Gasteiger partial charge in [0.2, 0.25) is 23.6 Å². The largest absolute Gasteiger partial charge is 0.356 e. The second kappa shape index (κ2) is 13.5. The van der Waals surface area contributed by atoms with Crippen LogP contribution in [-0.4, -0.2) is 53.8 Å². The first-order valence-electron chi connectivity index (χ1n) is 15.6. The molecule has 4 aliphatic rings. The van der Waals surface area contributed by atoms with E-state index < -0.39 is 6.04 Å². The number of carbonyl (C=O) groups excluding carboxylic acids is 4. The van der Waals surface area contributed by atoms with Gasteiger partial charge in [0, 0.05) is 37.9 Å². The predicted molar refractivity (Wildman–Crippen MR) is 155 cm³/mol. The van der Waals surface area contributed by atoms with Crippen LogP contribution in [-0.2, 0) is 19.2 Å². The van der Waals surface area contributed by atoms with Crippen LogP contribution in [0.25, 0.3) is 0 Å². The van der Waals surface area contributed by atoms with E-state index in [1.54, 1.807) is 0 Å². The molecule has 4 aliphatic carbocycles. The van der Waals surface area contributed by atoms with Crippen molar-refractivity contribution in [2.45, 2.75) is 127 Å². The van der Waals surface area contributed by atoms with Crippen LogP contribution in [0.3, 0.4) is 0 Å². The van der Waals surface area contributed by atoms with Crippen molar-refractivity contribution in [1.29, 1.82) is 0 Å². The van der Waals surface area contributed by atoms with E-state index in [1.165, 1.54) is 44.1 Å². The van der Waals surface area contributed by atoms with E-state index in [0.29, 0.717) is 17.8 Å². The van der Waals surface area contributed by atoms with Crippen LogP contribution in [0, 0.1) is 17.8 Å². The maximum atomic E-state index is 12.5. The third kappa shape index (κ3) is 9.05. The van der Waals surface area contributed by atoms with Gasteiger partial charge in [0.1, 0.15) is 0 Å². The molecule has 3 saturated carbocycles. The van der Waals surface area contributed by atoms with Crippen molar-refractivity contribution < 1.29 is 19.2 Å². The highest BCUT2D eigenvalue weighted by Crippen LogP contribution is 2.44. The molecule has 0 heterocycles. The molecule has 9 heteroatoms. The summed E-state index contributed by atoms with van der Waals surface area (Å²) in [6, 6.07) is -0.828. The average Bonchev–Trinajstić information content (AvgIpc) is 2.86. The van der Waals surface area contributed by atoms with E-state index in [1.807, 2.05) is 0 Å². The molecule has 0 aromatic rings. The summed E-state index contributed by atoms with van der Waals surface area (Å²) >= 11 is 0. The minimum Gasteiger partial charge on any atom is -0.356 e. The maximum absolute atomic E-state index is 12.5. The minimum atomic E-state index is -0.828. The fourth-order valence-corrected chi connectivity index (χ4v) is 7.96. The second-order valence-electron chi connectivity index (χ2n) is 13.6. The van der Waals surface area contributed by atoms with Gasteiger partial charge in [-0.1, -0.05) is 30.9 Å². The van der Waals surface area contributed by atoms with Gasteiger partial charge in [-0.25, -0.2) is 0 Å². The third-order valence-corrected chi connectivity index (χ3v) is 9.48. The first-order chi connectivity index (χ1) is 19.0. The zero-order chi connectivity index (χ0) is 28.8. The summed E-state index contributed by atoms with van der Waals surface area (Å²) in [6.07, 6.45) is 15.9. The van der Waals surface area contributed by atoms with Gasteiger partial charge >= 0.3 is 0 Å². The first kappa shape index (κ1) is 30.5. The van der Waals surface area contributed by atoms with Gasteiger partial charge in [-0.05, 0) is 89.4 Å². The third-order valence-electron chi connectivity index (χ3n) is 9.48. The molecule has 40 heavy (non-hydrogen) atoms. The summed E-state index contributed by atoms with van der Waals surface area (Å²) in [5, 5.41) is 11.9. The summed E-state index contributed by atoms with van der Waals surface area (Å²) in [5.41, 5.74) is 6.99. The minimum absolute atomic E-state index is 0.0447. The molecular formula is C31H51N5O4. The summed E-state index contributed by atoms with van der Waals surface area (Å²) in [4.78, 5) is 49.6. The Balaban J connectivity index is 1.05. The predicted octanol–water partition coefficient (Wildman–Crippen LogP) is 2.98. The Hall–Kier alpha value is -2.42. The molecule has 4 bridgehead atoms. The summed E-state index contributed by atoms with van der Waals surface area (Å²) in [7, 11) is 0. The first-order valence-corrected chi connectivity index (χ1v) is 15.6. The molecule has 0 aromatic heterocycles. The molecule has 0 radical (unpaired) electrons. The summed E-state index contributed by atoms with van der Waals surface area (Å²) in [5.74, 6) is 1.37. The molecule has 224 valence electrons. The molecule has 4 rings (SSSR count). The molecular weight excluding hydrogens is 506 g/mol. The Morgan fingerprint density at radius 2 is 1.50 bits per heavy atom. The molecule has 3 fully saturated rings. The molecule has 0 aromatic carbocycles. The van der Waals surface area contributed by atoms with Gasteiger partial charge in [-0.15, -0.1) is 0 Å². The van der Waals surface area contributed by atoms with Gasteiger partial charge in [0.15, 0.2) is 0 Å². The Kier molecular flexibility index (Phi) is 10.3. The smallest absolute Gasteiger partial charge is 0.236 e. The van der Waals surface area contributed by atoms with E-state index in [0.717, 1.165) is 32.1 Å². The maximum Gasteiger partial charge on any atom is 0.236 e. The van der Waals surface area contributed by atoms with E-state index in [4.69, 9.17) is 5.73 Å². The highest BCUT2D eigenvalue weighted by Gasteiger charge is 2.40. The van der Waals surface area contributed by atoms with Gasteiger partial charge in [0.05, 0.1) is 11.6 Å². The molecule has 5 unspecified atom stereocenters. The SMILES string of the molecule is CC1(NC(=O)CCNC(=O)CCC(N)C(=O)NCCC(=O)NC2(C)CC3CCCC(C3)C2)C=C2CCCC(C2)C1. The lowest BCUT2D eigenvalue weighted by Crippen LogP contribution is -2.52. The van der Waals surface area contributed by atoms with Crippen molar-refractivity contribution in [3.63, 3.8) is 0 Å². The second-order valence-corrected chi connectivity index (χ2v) is 13.6. The van der Waals surface area contributed by atoms with Crippen molar-refractivity contribution >= 4 is 23.6 Å². The van der Waals surface area contributed by atoms with Crippen molar-refractivity contribution in [1.82, 2.24) is 21.3 Å². The van der Waals surface area contributed by atoms with E-state index in [-0.39, 0.29) is 73.5 Å². The van der Waals surface area contributed by atoms with Crippen LogP contribution < -0.4 is 27.0 Å².